The molecule has 19 heavy (non-hydrogen) atoms. The molecule has 1 atom stereocenters. The zero-order valence-corrected chi connectivity index (χ0v) is 13.3. The third kappa shape index (κ3) is 5.00. The van der Waals surface area contributed by atoms with Crippen molar-refractivity contribution < 1.29 is 0 Å². The standard InChI is InChI=1S/C15H26ClN3/c1-5-7-12(3)19(4)15-14(16)9-13(11-18-15)10-17-8-6-2/h9,11-12,17H,5-8,10H2,1-4H3. The summed E-state index contributed by atoms with van der Waals surface area (Å²) in [5.41, 5.74) is 1.14. The second kappa shape index (κ2) is 8.39. The van der Waals surface area contributed by atoms with Crippen LogP contribution in [0, 0.1) is 0 Å². The Morgan fingerprint density at radius 1 is 1.37 bits per heavy atom. The Morgan fingerprint density at radius 3 is 2.68 bits per heavy atom. The van der Waals surface area contributed by atoms with Crippen LogP contribution in [0.4, 0.5) is 5.82 Å². The SMILES string of the molecule is CCCNCc1cnc(N(C)C(C)CCC)c(Cl)c1. The summed E-state index contributed by atoms with van der Waals surface area (Å²) in [6.45, 7) is 8.41. The summed E-state index contributed by atoms with van der Waals surface area (Å²) in [5, 5.41) is 4.10. The number of halogens is 1. The van der Waals surface area contributed by atoms with E-state index in [4.69, 9.17) is 11.6 Å². The molecule has 0 aliphatic carbocycles. The molecule has 1 aromatic rings. The van der Waals surface area contributed by atoms with Crippen LogP contribution in [0.1, 0.15) is 45.6 Å². The zero-order chi connectivity index (χ0) is 14.3. The van der Waals surface area contributed by atoms with Gasteiger partial charge in [0.1, 0.15) is 5.82 Å². The highest BCUT2D eigenvalue weighted by molar-refractivity contribution is 6.33. The van der Waals surface area contributed by atoms with Crippen molar-refractivity contribution >= 4 is 17.4 Å². The Kier molecular flexibility index (Phi) is 7.17. The van der Waals surface area contributed by atoms with Crippen LogP contribution in [-0.4, -0.2) is 24.6 Å². The molecule has 1 rings (SSSR count). The molecule has 0 aliphatic heterocycles. The van der Waals surface area contributed by atoms with Crippen LogP contribution in [0.25, 0.3) is 0 Å². The van der Waals surface area contributed by atoms with Gasteiger partial charge in [-0.25, -0.2) is 4.98 Å². The molecule has 1 N–H and O–H groups in total. The van der Waals surface area contributed by atoms with Crippen LogP contribution in [0.3, 0.4) is 0 Å². The van der Waals surface area contributed by atoms with Crippen molar-refractivity contribution in [2.75, 3.05) is 18.5 Å². The van der Waals surface area contributed by atoms with E-state index in [-0.39, 0.29) is 0 Å². The molecule has 0 amide bonds. The molecule has 0 bridgehead atoms. The molecular weight excluding hydrogens is 258 g/mol. The van der Waals surface area contributed by atoms with Crippen LogP contribution in [0.2, 0.25) is 5.02 Å². The van der Waals surface area contributed by atoms with Crippen molar-refractivity contribution in [3.05, 3.63) is 22.8 Å². The minimum absolute atomic E-state index is 0.457. The molecular formula is C15H26ClN3. The zero-order valence-electron chi connectivity index (χ0n) is 12.5. The number of aromatic nitrogens is 1. The largest absolute Gasteiger partial charge is 0.356 e. The van der Waals surface area contributed by atoms with E-state index in [1.165, 1.54) is 6.42 Å². The quantitative estimate of drug-likeness (QED) is 0.734. The van der Waals surface area contributed by atoms with E-state index in [1.807, 2.05) is 12.3 Å². The van der Waals surface area contributed by atoms with E-state index in [9.17, 15) is 0 Å². The van der Waals surface area contributed by atoms with Crippen LogP contribution in [0.5, 0.6) is 0 Å². The van der Waals surface area contributed by atoms with E-state index in [0.29, 0.717) is 6.04 Å². The second-order valence-corrected chi connectivity index (χ2v) is 5.48. The number of hydrogen-bond acceptors (Lipinski definition) is 3. The topological polar surface area (TPSA) is 28.2 Å². The molecule has 0 aromatic carbocycles. The summed E-state index contributed by atoms with van der Waals surface area (Å²) >= 11 is 6.35. The van der Waals surface area contributed by atoms with Gasteiger partial charge >= 0.3 is 0 Å². The summed E-state index contributed by atoms with van der Waals surface area (Å²) < 4.78 is 0. The van der Waals surface area contributed by atoms with Gasteiger partial charge in [0.05, 0.1) is 5.02 Å². The minimum Gasteiger partial charge on any atom is -0.356 e. The lowest BCUT2D eigenvalue weighted by Crippen LogP contribution is -2.29. The molecule has 108 valence electrons. The summed E-state index contributed by atoms with van der Waals surface area (Å²) in [7, 11) is 2.06. The Labute approximate surface area is 122 Å². The van der Waals surface area contributed by atoms with E-state index >= 15 is 0 Å². The Morgan fingerprint density at radius 2 is 2.11 bits per heavy atom. The average molecular weight is 284 g/mol. The van der Waals surface area contributed by atoms with Gasteiger partial charge in [-0.3, -0.25) is 0 Å². The summed E-state index contributed by atoms with van der Waals surface area (Å²) in [4.78, 5) is 6.68. The summed E-state index contributed by atoms with van der Waals surface area (Å²) in [5.74, 6) is 0.877. The molecule has 0 saturated heterocycles. The first-order valence-electron chi connectivity index (χ1n) is 7.18. The maximum Gasteiger partial charge on any atom is 0.147 e. The number of rotatable bonds is 8. The Hall–Kier alpha value is -0.800. The fourth-order valence-electron chi connectivity index (χ4n) is 2.06. The van der Waals surface area contributed by atoms with Crippen LogP contribution in [-0.2, 0) is 6.54 Å². The molecule has 0 fully saturated rings. The maximum absolute atomic E-state index is 6.35. The molecule has 4 heteroatoms. The van der Waals surface area contributed by atoms with Crippen LogP contribution >= 0.6 is 11.6 Å². The first-order valence-corrected chi connectivity index (χ1v) is 7.55. The van der Waals surface area contributed by atoms with Crippen molar-refractivity contribution in [2.24, 2.45) is 0 Å². The molecule has 0 aliphatic rings. The number of hydrogen-bond donors (Lipinski definition) is 1. The van der Waals surface area contributed by atoms with Gasteiger partial charge in [-0.1, -0.05) is 31.9 Å². The number of pyridine rings is 1. The van der Waals surface area contributed by atoms with Gasteiger partial charge < -0.3 is 10.2 Å². The number of anilines is 1. The average Bonchev–Trinajstić information content (AvgIpc) is 2.39. The lowest BCUT2D eigenvalue weighted by Gasteiger charge is -2.26. The normalized spacial score (nSPS) is 12.5. The van der Waals surface area contributed by atoms with Crippen molar-refractivity contribution in [2.45, 2.75) is 52.6 Å². The smallest absolute Gasteiger partial charge is 0.147 e. The highest BCUT2D eigenvalue weighted by atomic mass is 35.5. The Bertz CT molecular complexity index is 382. The van der Waals surface area contributed by atoms with Crippen LogP contribution < -0.4 is 10.2 Å². The number of nitrogens with zero attached hydrogens (tertiary/aromatic N) is 2. The van der Waals surface area contributed by atoms with Gasteiger partial charge in [-0.15, -0.1) is 0 Å². The van der Waals surface area contributed by atoms with Crippen molar-refractivity contribution in [1.82, 2.24) is 10.3 Å². The maximum atomic E-state index is 6.35. The van der Waals surface area contributed by atoms with E-state index < -0.39 is 0 Å². The van der Waals surface area contributed by atoms with Crippen molar-refractivity contribution in [3.8, 4) is 0 Å². The molecule has 3 nitrogen and oxygen atoms in total. The van der Waals surface area contributed by atoms with Gasteiger partial charge in [0.15, 0.2) is 0 Å². The predicted octanol–water partition coefficient (Wildman–Crippen LogP) is 3.86. The fraction of sp³-hybridized carbons (Fsp3) is 0.667. The minimum atomic E-state index is 0.457. The highest BCUT2D eigenvalue weighted by Crippen LogP contribution is 2.25. The first-order chi connectivity index (χ1) is 9.10. The summed E-state index contributed by atoms with van der Waals surface area (Å²) in [6, 6.07) is 2.47. The Balaban J connectivity index is 2.70. The highest BCUT2D eigenvalue weighted by Gasteiger charge is 2.14. The lowest BCUT2D eigenvalue weighted by molar-refractivity contribution is 0.610. The van der Waals surface area contributed by atoms with Gasteiger partial charge in [0, 0.05) is 25.8 Å². The molecule has 0 spiro atoms. The first kappa shape index (κ1) is 16.3. The predicted molar refractivity (Wildman–Crippen MR) is 84.0 cm³/mol. The monoisotopic (exact) mass is 283 g/mol. The van der Waals surface area contributed by atoms with Crippen molar-refractivity contribution in [3.63, 3.8) is 0 Å². The van der Waals surface area contributed by atoms with E-state index in [1.54, 1.807) is 0 Å². The lowest BCUT2D eigenvalue weighted by atomic mass is 10.1. The van der Waals surface area contributed by atoms with Gasteiger partial charge in [0.2, 0.25) is 0 Å². The molecule has 0 saturated carbocycles. The molecule has 0 radical (unpaired) electrons. The third-order valence-corrected chi connectivity index (χ3v) is 3.61. The van der Waals surface area contributed by atoms with E-state index in [2.05, 4.69) is 43.0 Å². The fourth-order valence-corrected chi connectivity index (χ4v) is 2.38. The molecule has 1 heterocycles. The van der Waals surface area contributed by atoms with Gasteiger partial charge in [0.25, 0.3) is 0 Å². The number of nitrogens with one attached hydrogen (secondary N) is 1. The van der Waals surface area contributed by atoms with Crippen molar-refractivity contribution in [1.29, 1.82) is 0 Å². The van der Waals surface area contributed by atoms with Crippen LogP contribution in [0.15, 0.2) is 12.3 Å². The van der Waals surface area contributed by atoms with Gasteiger partial charge in [-0.2, -0.15) is 0 Å². The van der Waals surface area contributed by atoms with E-state index in [0.717, 1.165) is 42.3 Å². The van der Waals surface area contributed by atoms with Gasteiger partial charge in [-0.05, 0) is 37.9 Å². The molecule has 1 unspecified atom stereocenters. The summed E-state index contributed by atoms with van der Waals surface area (Å²) in [6.07, 6.45) is 5.37. The third-order valence-electron chi connectivity index (χ3n) is 3.34. The second-order valence-electron chi connectivity index (χ2n) is 5.07. The molecule has 1 aromatic heterocycles.